The molecule has 1 aromatic carbocycles. The number of nitro benzene ring substituents is 1. The van der Waals surface area contributed by atoms with Gasteiger partial charge in [-0.1, -0.05) is 31.4 Å². The third-order valence-corrected chi connectivity index (χ3v) is 4.15. The number of halogens is 1. The maximum Gasteiger partial charge on any atom is 0.319 e. The van der Waals surface area contributed by atoms with Crippen LogP contribution in [0.4, 0.5) is 16.2 Å². The van der Waals surface area contributed by atoms with Gasteiger partial charge in [-0.15, -0.1) is 0 Å². The van der Waals surface area contributed by atoms with Crippen molar-refractivity contribution in [2.24, 2.45) is 5.92 Å². The van der Waals surface area contributed by atoms with Gasteiger partial charge >= 0.3 is 6.03 Å². The number of nitrogens with zero attached hydrogens (tertiary/aromatic N) is 1. The van der Waals surface area contributed by atoms with Crippen LogP contribution in [0.5, 0.6) is 0 Å². The number of nitrogens with one attached hydrogen (secondary N) is 2. The summed E-state index contributed by atoms with van der Waals surface area (Å²) in [4.78, 5) is 22.2. The van der Waals surface area contributed by atoms with Crippen molar-refractivity contribution in [3.05, 3.63) is 33.3 Å². The molecule has 1 fully saturated rings. The molecular weight excluding hydrogens is 294 g/mol. The van der Waals surface area contributed by atoms with E-state index in [2.05, 4.69) is 17.6 Å². The van der Waals surface area contributed by atoms with Crippen LogP contribution in [0.1, 0.15) is 32.6 Å². The molecule has 1 saturated carbocycles. The summed E-state index contributed by atoms with van der Waals surface area (Å²) in [6.07, 6.45) is 4.39. The van der Waals surface area contributed by atoms with Gasteiger partial charge in [0.15, 0.2) is 0 Å². The highest BCUT2D eigenvalue weighted by Gasteiger charge is 2.23. The predicted molar refractivity (Wildman–Crippen MR) is 81.7 cm³/mol. The quantitative estimate of drug-likeness (QED) is 0.654. The number of anilines is 1. The second-order valence-electron chi connectivity index (χ2n) is 5.39. The monoisotopic (exact) mass is 311 g/mol. The average molecular weight is 312 g/mol. The largest absolute Gasteiger partial charge is 0.335 e. The van der Waals surface area contributed by atoms with Gasteiger partial charge in [-0.25, -0.2) is 4.79 Å². The lowest BCUT2D eigenvalue weighted by Crippen LogP contribution is -2.43. The number of urea groups is 1. The summed E-state index contributed by atoms with van der Waals surface area (Å²) >= 11 is 5.73. The molecule has 0 aliphatic heterocycles. The van der Waals surface area contributed by atoms with Gasteiger partial charge in [0.1, 0.15) is 5.02 Å². The molecule has 0 spiro atoms. The van der Waals surface area contributed by atoms with Crippen molar-refractivity contribution in [3.8, 4) is 0 Å². The van der Waals surface area contributed by atoms with E-state index in [0.29, 0.717) is 11.6 Å². The Kier molecular flexibility index (Phi) is 5.01. The minimum atomic E-state index is -0.575. The van der Waals surface area contributed by atoms with Gasteiger partial charge in [-0.2, -0.15) is 0 Å². The zero-order valence-electron chi connectivity index (χ0n) is 11.8. The Hall–Kier alpha value is -1.82. The molecular formula is C14H18ClN3O3. The minimum Gasteiger partial charge on any atom is -0.335 e. The molecule has 2 N–H and O–H groups in total. The molecule has 1 aliphatic rings. The van der Waals surface area contributed by atoms with E-state index in [1.165, 1.54) is 18.6 Å². The van der Waals surface area contributed by atoms with Crippen molar-refractivity contribution in [2.75, 3.05) is 5.32 Å². The number of hydrogen-bond acceptors (Lipinski definition) is 3. The fourth-order valence-electron chi connectivity index (χ4n) is 2.60. The Bertz CT molecular complexity index is 550. The van der Waals surface area contributed by atoms with Crippen LogP contribution < -0.4 is 10.6 Å². The summed E-state index contributed by atoms with van der Waals surface area (Å²) in [6, 6.07) is 4.01. The lowest BCUT2D eigenvalue weighted by Gasteiger charge is -2.29. The smallest absolute Gasteiger partial charge is 0.319 e. The van der Waals surface area contributed by atoms with E-state index in [1.54, 1.807) is 6.07 Å². The third-order valence-electron chi connectivity index (χ3n) is 3.83. The van der Waals surface area contributed by atoms with Gasteiger partial charge in [0.05, 0.1) is 4.92 Å². The SMILES string of the molecule is CC1CCCCC1NC(=O)Nc1ccc(Cl)c([N+](=O)[O-])c1. The van der Waals surface area contributed by atoms with Gasteiger partial charge in [0, 0.05) is 17.8 Å². The summed E-state index contributed by atoms with van der Waals surface area (Å²) < 4.78 is 0. The Labute approximate surface area is 128 Å². The summed E-state index contributed by atoms with van der Waals surface area (Å²) in [5, 5.41) is 16.4. The summed E-state index contributed by atoms with van der Waals surface area (Å²) in [6.45, 7) is 2.12. The molecule has 21 heavy (non-hydrogen) atoms. The molecule has 0 saturated heterocycles. The zero-order chi connectivity index (χ0) is 15.4. The first-order chi connectivity index (χ1) is 9.97. The Morgan fingerprint density at radius 2 is 2.10 bits per heavy atom. The fourth-order valence-corrected chi connectivity index (χ4v) is 2.78. The van der Waals surface area contributed by atoms with Crippen LogP contribution in [-0.4, -0.2) is 17.0 Å². The van der Waals surface area contributed by atoms with E-state index >= 15 is 0 Å². The highest BCUT2D eigenvalue weighted by Crippen LogP contribution is 2.27. The number of hydrogen-bond donors (Lipinski definition) is 2. The van der Waals surface area contributed by atoms with Crippen molar-refractivity contribution in [2.45, 2.75) is 38.6 Å². The maximum atomic E-state index is 12.0. The molecule has 0 radical (unpaired) electrons. The van der Waals surface area contributed by atoms with Crippen molar-refractivity contribution >= 4 is 29.0 Å². The van der Waals surface area contributed by atoms with E-state index in [4.69, 9.17) is 11.6 Å². The van der Waals surface area contributed by atoms with Crippen LogP contribution in [0.3, 0.4) is 0 Å². The summed E-state index contributed by atoms with van der Waals surface area (Å²) in [5.74, 6) is 0.448. The predicted octanol–water partition coefficient (Wildman–Crippen LogP) is 3.95. The highest BCUT2D eigenvalue weighted by molar-refractivity contribution is 6.32. The summed E-state index contributed by atoms with van der Waals surface area (Å²) in [5.41, 5.74) is 0.132. The molecule has 2 atom stereocenters. The number of carbonyl (C=O) groups is 1. The average Bonchev–Trinajstić information content (AvgIpc) is 2.43. The summed E-state index contributed by atoms with van der Waals surface area (Å²) in [7, 11) is 0. The fraction of sp³-hybridized carbons (Fsp3) is 0.500. The number of rotatable bonds is 3. The molecule has 114 valence electrons. The Morgan fingerprint density at radius 3 is 2.76 bits per heavy atom. The first kappa shape index (κ1) is 15.6. The van der Waals surface area contributed by atoms with Crippen LogP contribution in [0.25, 0.3) is 0 Å². The Balaban J connectivity index is 1.99. The van der Waals surface area contributed by atoms with Crippen LogP contribution in [0, 0.1) is 16.0 Å². The first-order valence-electron chi connectivity index (χ1n) is 6.99. The van der Waals surface area contributed by atoms with Crippen LogP contribution in [0.15, 0.2) is 18.2 Å². The number of benzene rings is 1. The molecule has 2 unspecified atom stereocenters. The molecule has 0 heterocycles. The second kappa shape index (κ2) is 6.76. The highest BCUT2D eigenvalue weighted by atomic mass is 35.5. The van der Waals surface area contributed by atoms with Crippen molar-refractivity contribution < 1.29 is 9.72 Å². The first-order valence-corrected chi connectivity index (χ1v) is 7.36. The van der Waals surface area contributed by atoms with Crippen LogP contribution in [-0.2, 0) is 0 Å². The molecule has 0 bridgehead atoms. The molecule has 1 aliphatic carbocycles. The van der Waals surface area contributed by atoms with E-state index in [-0.39, 0.29) is 22.8 Å². The van der Waals surface area contributed by atoms with Gasteiger partial charge in [-0.3, -0.25) is 10.1 Å². The molecule has 7 heteroatoms. The molecule has 0 aromatic heterocycles. The maximum absolute atomic E-state index is 12.0. The zero-order valence-corrected chi connectivity index (χ0v) is 12.5. The molecule has 6 nitrogen and oxygen atoms in total. The molecule has 1 aromatic rings. The van der Waals surface area contributed by atoms with E-state index in [0.717, 1.165) is 19.3 Å². The standard InChI is InChI=1S/C14H18ClN3O3/c1-9-4-2-3-5-12(9)17-14(19)16-10-6-7-11(15)13(8-10)18(20)21/h6-9,12H,2-5H2,1H3,(H2,16,17,19). The van der Waals surface area contributed by atoms with E-state index < -0.39 is 4.92 Å². The number of carbonyl (C=O) groups excluding carboxylic acids is 1. The molecule has 2 rings (SSSR count). The van der Waals surface area contributed by atoms with Crippen molar-refractivity contribution in [3.63, 3.8) is 0 Å². The van der Waals surface area contributed by atoms with Gasteiger partial charge < -0.3 is 10.6 Å². The second-order valence-corrected chi connectivity index (χ2v) is 5.80. The third kappa shape index (κ3) is 4.07. The lowest BCUT2D eigenvalue weighted by atomic mass is 9.86. The molecule has 2 amide bonds. The van der Waals surface area contributed by atoms with Gasteiger partial charge in [-0.05, 0) is 30.9 Å². The van der Waals surface area contributed by atoms with Crippen molar-refractivity contribution in [1.82, 2.24) is 5.32 Å². The van der Waals surface area contributed by atoms with Gasteiger partial charge in [0.25, 0.3) is 5.69 Å². The van der Waals surface area contributed by atoms with Crippen molar-refractivity contribution in [1.29, 1.82) is 0 Å². The van der Waals surface area contributed by atoms with Gasteiger partial charge in [0.2, 0.25) is 0 Å². The van der Waals surface area contributed by atoms with Crippen LogP contribution >= 0.6 is 11.6 Å². The topological polar surface area (TPSA) is 84.3 Å². The normalized spacial score (nSPS) is 21.6. The number of amides is 2. The van der Waals surface area contributed by atoms with Crippen LogP contribution in [0.2, 0.25) is 5.02 Å². The minimum absolute atomic E-state index is 0.0480. The van der Waals surface area contributed by atoms with E-state index in [1.807, 2.05) is 0 Å². The Morgan fingerprint density at radius 1 is 1.38 bits per heavy atom. The number of nitro groups is 1. The lowest BCUT2D eigenvalue weighted by molar-refractivity contribution is -0.384. The van der Waals surface area contributed by atoms with E-state index in [9.17, 15) is 14.9 Å².